The fourth-order valence-corrected chi connectivity index (χ4v) is 3.80. The summed E-state index contributed by atoms with van der Waals surface area (Å²) < 4.78 is 36.2. The third-order valence-corrected chi connectivity index (χ3v) is 6.02. The van der Waals surface area contributed by atoms with Gasteiger partial charge in [0.1, 0.15) is 24.2 Å². The summed E-state index contributed by atoms with van der Waals surface area (Å²) in [7, 11) is -3.12. The van der Waals surface area contributed by atoms with E-state index in [1.165, 1.54) is 4.31 Å². The predicted octanol–water partition coefficient (Wildman–Crippen LogP) is 0.792. The normalized spacial score (nSPS) is 18.0. The minimum atomic E-state index is -3.12. The highest BCUT2D eigenvalue weighted by molar-refractivity contribution is 7.89. The highest BCUT2D eigenvalue weighted by atomic mass is 32.2. The maximum absolute atomic E-state index is 11.8. The lowest BCUT2D eigenvalue weighted by Gasteiger charge is -2.34. The Morgan fingerprint density at radius 1 is 1.04 bits per heavy atom. The highest BCUT2D eigenvalue weighted by Crippen LogP contribution is 2.17. The molecule has 1 aliphatic rings. The van der Waals surface area contributed by atoms with Crippen LogP contribution in [-0.4, -0.2) is 80.5 Å². The molecule has 0 saturated carbocycles. The van der Waals surface area contributed by atoms with Crippen molar-refractivity contribution < 1.29 is 23.0 Å². The number of ether oxygens (including phenoxy) is 2. The lowest BCUT2D eigenvalue weighted by atomic mass is 10.3. The Labute approximate surface area is 150 Å². The molecule has 0 aromatic heterocycles. The van der Waals surface area contributed by atoms with E-state index in [1.807, 2.05) is 31.2 Å². The first kappa shape index (κ1) is 20.0. The van der Waals surface area contributed by atoms with E-state index in [9.17, 15) is 13.5 Å². The monoisotopic (exact) mass is 372 g/mol. The molecule has 0 radical (unpaired) electrons. The van der Waals surface area contributed by atoms with Crippen molar-refractivity contribution in [3.05, 3.63) is 24.3 Å². The van der Waals surface area contributed by atoms with Gasteiger partial charge in [-0.05, 0) is 38.1 Å². The number of aliphatic hydroxyl groups excluding tert-OH is 1. The van der Waals surface area contributed by atoms with Crippen LogP contribution in [-0.2, 0) is 10.0 Å². The van der Waals surface area contributed by atoms with E-state index in [2.05, 4.69) is 4.90 Å². The maximum Gasteiger partial charge on any atom is 0.213 e. The van der Waals surface area contributed by atoms with Gasteiger partial charge in [-0.1, -0.05) is 0 Å². The van der Waals surface area contributed by atoms with Gasteiger partial charge in [0, 0.05) is 32.7 Å². The van der Waals surface area contributed by atoms with Gasteiger partial charge in [-0.2, -0.15) is 4.31 Å². The van der Waals surface area contributed by atoms with Crippen LogP contribution in [0.3, 0.4) is 0 Å². The first-order valence-electron chi connectivity index (χ1n) is 8.68. The molecule has 0 aliphatic carbocycles. The molecule has 2 rings (SSSR count). The molecule has 7 nitrogen and oxygen atoms in total. The molecule has 1 unspecified atom stereocenters. The summed E-state index contributed by atoms with van der Waals surface area (Å²) in [6.07, 6.45) is -0.624. The summed E-state index contributed by atoms with van der Waals surface area (Å²) >= 11 is 0. The number of rotatable bonds is 9. The molecular formula is C17H28N2O5S. The van der Waals surface area contributed by atoms with Gasteiger partial charge in [-0.3, -0.25) is 4.90 Å². The average molecular weight is 372 g/mol. The van der Waals surface area contributed by atoms with Crippen LogP contribution in [0, 0.1) is 0 Å². The van der Waals surface area contributed by atoms with E-state index in [-0.39, 0.29) is 12.4 Å². The van der Waals surface area contributed by atoms with Gasteiger partial charge in [-0.25, -0.2) is 8.42 Å². The van der Waals surface area contributed by atoms with E-state index < -0.39 is 16.1 Å². The third-order valence-electron chi connectivity index (χ3n) is 4.14. The zero-order chi connectivity index (χ0) is 18.3. The fraction of sp³-hybridized carbons (Fsp3) is 0.647. The summed E-state index contributed by atoms with van der Waals surface area (Å²) in [5, 5.41) is 10.2. The lowest BCUT2D eigenvalue weighted by molar-refractivity contribution is 0.0569. The molecule has 142 valence electrons. The molecule has 1 atom stereocenters. The summed E-state index contributed by atoms with van der Waals surface area (Å²) in [5.41, 5.74) is 0. The van der Waals surface area contributed by atoms with Crippen molar-refractivity contribution in [2.24, 2.45) is 0 Å². The Hall–Kier alpha value is -1.35. The zero-order valence-corrected chi connectivity index (χ0v) is 15.7. The van der Waals surface area contributed by atoms with Gasteiger partial charge in [0.05, 0.1) is 12.4 Å². The molecule has 8 heteroatoms. The SMILES string of the molecule is CCOc1ccc(OCC(O)CN2CCN(S(=O)(=O)CC)CC2)cc1. The van der Waals surface area contributed by atoms with Crippen LogP contribution in [0.25, 0.3) is 0 Å². The Bertz CT molecular complexity index is 612. The zero-order valence-electron chi connectivity index (χ0n) is 14.9. The second-order valence-corrected chi connectivity index (χ2v) is 8.23. The lowest BCUT2D eigenvalue weighted by Crippen LogP contribution is -2.51. The summed E-state index contributed by atoms with van der Waals surface area (Å²) in [4.78, 5) is 2.06. The van der Waals surface area contributed by atoms with Crippen molar-refractivity contribution in [2.45, 2.75) is 20.0 Å². The molecule has 1 N–H and O–H groups in total. The quantitative estimate of drug-likeness (QED) is 0.691. The van der Waals surface area contributed by atoms with Crippen molar-refractivity contribution in [3.63, 3.8) is 0 Å². The minimum absolute atomic E-state index is 0.131. The van der Waals surface area contributed by atoms with E-state index in [1.54, 1.807) is 6.92 Å². The smallest absolute Gasteiger partial charge is 0.213 e. The number of hydrogen-bond acceptors (Lipinski definition) is 6. The van der Waals surface area contributed by atoms with Crippen molar-refractivity contribution in [1.82, 2.24) is 9.21 Å². The van der Waals surface area contributed by atoms with Crippen LogP contribution in [0.1, 0.15) is 13.8 Å². The van der Waals surface area contributed by atoms with Crippen LogP contribution in [0.5, 0.6) is 11.5 Å². The number of nitrogens with zero attached hydrogens (tertiary/aromatic N) is 2. The van der Waals surface area contributed by atoms with E-state index in [4.69, 9.17) is 9.47 Å². The average Bonchev–Trinajstić information content (AvgIpc) is 2.62. The molecule has 1 aromatic rings. The largest absolute Gasteiger partial charge is 0.494 e. The number of benzene rings is 1. The molecule has 1 saturated heterocycles. The third kappa shape index (κ3) is 6.14. The number of piperazine rings is 1. The molecule has 0 bridgehead atoms. The van der Waals surface area contributed by atoms with Gasteiger partial charge in [0.25, 0.3) is 0 Å². The fourth-order valence-electron chi connectivity index (χ4n) is 2.71. The van der Waals surface area contributed by atoms with Crippen LogP contribution in [0.2, 0.25) is 0 Å². The van der Waals surface area contributed by atoms with Crippen LogP contribution in [0.15, 0.2) is 24.3 Å². The molecule has 1 fully saturated rings. The number of hydrogen-bond donors (Lipinski definition) is 1. The maximum atomic E-state index is 11.8. The van der Waals surface area contributed by atoms with Crippen LogP contribution in [0.4, 0.5) is 0 Å². The molecule has 0 amide bonds. The number of sulfonamides is 1. The minimum Gasteiger partial charge on any atom is -0.494 e. The van der Waals surface area contributed by atoms with Crippen LogP contribution < -0.4 is 9.47 Å². The highest BCUT2D eigenvalue weighted by Gasteiger charge is 2.26. The van der Waals surface area contributed by atoms with Crippen molar-refractivity contribution in [3.8, 4) is 11.5 Å². The van der Waals surface area contributed by atoms with Gasteiger partial charge in [0.15, 0.2) is 0 Å². The molecular weight excluding hydrogens is 344 g/mol. The molecule has 1 aromatic carbocycles. The molecule has 1 heterocycles. The van der Waals surface area contributed by atoms with E-state index in [0.717, 1.165) is 5.75 Å². The van der Waals surface area contributed by atoms with Crippen molar-refractivity contribution in [1.29, 1.82) is 0 Å². The second-order valence-electron chi connectivity index (χ2n) is 5.97. The van der Waals surface area contributed by atoms with Crippen LogP contribution >= 0.6 is 0 Å². The number of β-amino-alcohol motifs (C(OH)–C–C–N with tert-alkyl or cyclic N) is 1. The van der Waals surface area contributed by atoms with E-state index >= 15 is 0 Å². The molecule has 0 spiro atoms. The van der Waals surface area contributed by atoms with Crippen molar-refractivity contribution in [2.75, 3.05) is 51.7 Å². The van der Waals surface area contributed by atoms with Gasteiger partial charge < -0.3 is 14.6 Å². The first-order chi connectivity index (χ1) is 11.9. The standard InChI is InChI=1S/C17H28N2O5S/c1-3-23-16-5-7-17(8-6-16)24-14-15(20)13-18-9-11-19(12-10-18)25(21,22)4-2/h5-8,15,20H,3-4,9-14H2,1-2H3. The van der Waals surface area contributed by atoms with Gasteiger partial charge in [-0.15, -0.1) is 0 Å². The number of aliphatic hydroxyl groups is 1. The Morgan fingerprint density at radius 2 is 1.60 bits per heavy atom. The van der Waals surface area contributed by atoms with Crippen molar-refractivity contribution >= 4 is 10.0 Å². The summed E-state index contributed by atoms with van der Waals surface area (Å²) in [5.74, 6) is 1.60. The second kappa shape index (κ2) is 9.38. The molecule has 25 heavy (non-hydrogen) atoms. The van der Waals surface area contributed by atoms with Gasteiger partial charge in [0.2, 0.25) is 10.0 Å². The molecule has 1 aliphatic heterocycles. The predicted molar refractivity (Wildman–Crippen MR) is 96.6 cm³/mol. The first-order valence-corrected chi connectivity index (χ1v) is 10.3. The Kier molecular flexibility index (Phi) is 7.49. The van der Waals surface area contributed by atoms with E-state index in [0.29, 0.717) is 45.1 Å². The Morgan fingerprint density at radius 3 is 2.12 bits per heavy atom. The topological polar surface area (TPSA) is 79.3 Å². The summed E-state index contributed by atoms with van der Waals surface area (Å²) in [6, 6.07) is 7.29. The Balaban J connectivity index is 1.71. The summed E-state index contributed by atoms with van der Waals surface area (Å²) in [6.45, 7) is 7.07. The van der Waals surface area contributed by atoms with Gasteiger partial charge >= 0.3 is 0 Å².